The van der Waals surface area contributed by atoms with Crippen LogP contribution >= 0.6 is 0 Å². The minimum atomic E-state index is 0.381. The van der Waals surface area contributed by atoms with Crippen molar-refractivity contribution in [1.29, 1.82) is 0 Å². The summed E-state index contributed by atoms with van der Waals surface area (Å²) in [5.74, 6) is 1.02. The van der Waals surface area contributed by atoms with Gasteiger partial charge in [0.25, 0.3) is 0 Å². The van der Waals surface area contributed by atoms with Crippen LogP contribution < -0.4 is 0 Å². The van der Waals surface area contributed by atoms with Gasteiger partial charge in [-0.05, 0) is 48.4 Å². The predicted octanol–water partition coefficient (Wildman–Crippen LogP) is 3.37. The zero-order valence-corrected chi connectivity index (χ0v) is 12.9. The second-order valence-electron chi connectivity index (χ2n) is 6.17. The van der Waals surface area contributed by atoms with Gasteiger partial charge in [-0.15, -0.1) is 0 Å². The van der Waals surface area contributed by atoms with Crippen LogP contribution in [0.25, 0.3) is 0 Å². The molecule has 1 aliphatic carbocycles. The fraction of sp³-hybridized carbons (Fsp3) is 0.647. The molecular weight excluding hydrogens is 250 g/mol. The third-order valence-corrected chi connectivity index (χ3v) is 4.04. The van der Waals surface area contributed by atoms with E-state index in [0.717, 1.165) is 26.1 Å². The number of ether oxygens (including phenoxy) is 1. The van der Waals surface area contributed by atoms with Gasteiger partial charge in [-0.25, -0.2) is 0 Å². The van der Waals surface area contributed by atoms with Gasteiger partial charge in [-0.3, -0.25) is 4.90 Å². The number of nitrogens with zero attached hydrogens (tertiary/aromatic N) is 1. The molecule has 20 heavy (non-hydrogen) atoms. The van der Waals surface area contributed by atoms with E-state index in [0.29, 0.717) is 17.7 Å². The zero-order valence-electron chi connectivity index (χ0n) is 12.9. The van der Waals surface area contributed by atoms with Crippen molar-refractivity contribution in [3.8, 4) is 5.75 Å². The maximum atomic E-state index is 9.80. The summed E-state index contributed by atoms with van der Waals surface area (Å²) in [5.41, 5.74) is 2.71. The molecule has 0 amide bonds. The average molecular weight is 277 g/mol. The van der Waals surface area contributed by atoms with E-state index in [4.69, 9.17) is 4.74 Å². The predicted molar refractivity (Wildman–Crippen MR) is 82.1 cm³/mol. The standard InChI is InChI=1S/C17H27NO2/c1-13(2)12-18(9-10-20-3)17-6-4-5-14-7-8-15(19)11-16(14)17/h7-8,11,13,17,19H,4-6,9-10,12H2,1-3H3. The van der Waals surface area contributed by atoms with E-state index in [2.05, 4.69) is 24.8 Å². The van der Waals surface area contributed by atoms with Gasteiger partial charge in [0.1, 0.15) is 5.75 Å². The molecule has 1 atom stereocenters. The lowest BCUT2D eigenvalue weighted by atomic mass is 9.86. The number of rotatable bonds is 6. The first-order valence-electron chi connectivity index (χ1n) is 7.66. The van der Waals surface area contributed by atoms with Gasteiger partial charge in [0, 0.05) is 26.2 Å². The van der Waals surface area contributed by atoms with Gasteiger partial charge in [0.2, 0.25) is 0 Å². The quantitative estimate of drug-likeness (QED) is 0.865. The van der Waals surface area contributed by atoms with Crippen LogP contribution in [-0.4, -0.2) is 36.8 Å². The van der Waals surface area contributed by atoms with E-state index in [1.807, 2.05) is 12.1 Å². The normalized spacial score (nSPS) is 18.6. The van der Waals surface area contributed by atoms with Crippen molar-refractivity contribution < 1.29 is 9.84 Å². The average Bonchev–Trinajstić information content (AvgIpc) is 2.42. The Morgan fingerprint density at radius 1 is 1.40 bits per heavy atom. The number of methoxy groups -OCH3 is 1. The van der Waals surface area contributed by atoms with Crippen molar-refractivity contribution in [2.75, 3.05) is 26.8 Å². The van der Waals surface area contributed by atoms with Crippen LogP contribution in [0.1, 0.15) is 43.9 Å². The number of phenols is 1. The summed E-state index contributed by atoms with van der Waals surface area (Å²) in [4.78, 5) is 2.52. The van der Waals surface area contributed by atoms with Crippen LogP contribution in [-0.2, 0) is 11.2 Å². The summed E-state index contributed by atoms with van der Waals surface area (Å²) in [7, 11) is 1.76. The first kappa shape index (κ1) is 15.3. The third-order valence-electron chi connectivity index (χ3n) is 4.04. The fourth-order valence-electron chi connectivity index (χ4n) is 3.19. The molecule has 0 radical (unpaired) electrons. The molecule has 3 nitrogen and oxygen atoms in total. The summed E-state index contributed by atoms with van der Waals surface area (Å²) < 4.78 is 5.27. The summed E-state index contributed by atoms with van der Waals surface area (Å²) in [5, 5.41) is 9.80. The maximum absolute atomic E-state index is 9.80. The Balaban J connectivity index is 2.23. The van der Waals surface area contributed by atoms with Crippen LogP contribution in [0.4, 0.5) is 0 Å². The van der Waals surface area contributed by atoms with Crippen LogP contribution in [0.15, 0.2) is 18.2 Å². The molecule has 0 bridgehead atoms. The summed E-state index contributed by atoms with van der Waals surface area (Å²) >= 11 is 0. The first-order chi connectivity index (χ1) is 9.61. The number of aryl methyl sites for hydroxylation is 1. The van der Waals surface area contributed by atoms with Crippen LogP contribution in [0.3, 0.4) is 0 Å². The van der Waals surface area contributed by atoms with E-state index in [9.17, 15) is 5.11 Å². The SMILES string of the molecule is COCCN(CC(C)C)C1CCCc2ccc(O)cc21. The molecule has 1 aromatic rings. The van der Waals surface area contributed by atoms with Crippen molar-refractivity contribution in [2.24, 2.45) is 5.92 Å². The van der Waals surface area contributed by atoms with Gasteiger partial charge in [0.15, 0.2) is 0 Å². The molecule has 0 saturated heterocycles. The number of aromatic hydroxyl groups is 1. The van der Waals surface area contributed by atoms with Gasteiger partial charge in [-0.1, -0.05) is 19.9 Å². The van der Waals surface area contributed by atoms with Crippen LogP contribution in [0.2, 0.25) is 0 Å². The van der Waals surface area contributed by atoms with E-state index < -0.39 is 0 Å². The Kier molecular flexibility index (Phi) is 5.44. The highest BCUT2D eigenvalue weighted by atomic mass is 16.5. The number of hydrogen-bond donors (Lipinski definition) is 1. The number of phenolic OH excluding ortho intramolecular Hbond substituents is 1. The molecule has 0 fully saturated rings. The minimum absolute atomic E-state index is 0.381. The van der Waals surface area contributed by atoms with E-state index in [1.165, 1.54) is 24.0 Å². The molecule has 2 rings (SSSR count). The van der Waals surface area contributed by atoms with Crippen LogP contribution in [0.5, 0.6) is 5.75 Å². The third kappa shape index (κ3) is 3.74. The molecule has 0 saturated carbocycles. The molecule has 1 unspecified atom stereocenters. The zero-order chi connectivity index (χ0) is 14.5. The lowest BCUT2D eigenvalue weighted by Crippen LogP contribution is -2.36. The molecule has 0 aromatic heterocycles. The van der Waals surface area contributed by atoms with Crippen molar-refractivity contribution >= 4 is 0 Å². The fourth-order valence-corrected chi connectivity index (χ4v) is 3.19. The Morgan fingerprint density at radius 3 is 2.90 bits per heavy atom. The van der Waals surface area contributed by atoms with E-state index >= 15 is 0 Å². The second kappa shape index (κ2) is 7.09. The highest BCUT2D eigenvalue weighted by Gasteiger charge is 2.26. The summed E-state index contributed by atoms with van der Waals surface area (Å²) in [6.07, 6.45) is 3.53. The molecule has 1 aliphatic rings. The monoisotopic (exact) mass is 277 g/mol. The molecule has 0 spiro atoms. The highest BCUT2D eigenvalue weighted by Crippen LogP contribution is 2.36. The summed E-state index contributed by atoms with van der Waals surface area (Å²) in [6, 6.07) is 6.27. The number of benzene rings is 1. The Bertz CT molecular complexity index is 431. The summed E-state index contributed by atoms with van der Waals surface area (Å²) in [6.45, 7) is 7.30. The Labute approximate surface area is 122 Å². The van der Waals surface area contributed by atoms with Crippen molar-refractivity contribution in [3.05, 3.63) is 29.3 Å². The molecule has 112 valence electrons. The molecule has 0 heterocycles. The smallest absolute Gasteiger partial charge is 0.115 e. The van der Waals surface area contributed by atoms with E-state index in [-0.39, 0.29) is 0 Å². The van der Waals surface area contributed by atoms with Gasteiger partial charge >= 0.3 is 0 Å². The minimum Gasteiger partial charge on any atom is -0.508 e. The maximum Gasteiger partial charge on any atom is 0.115 e. The van der Waals surface area contributed by atoms with Gasteiger partial charge in [-0.2, -0.15) is 0 Å². The number of hydrogen-bond acceptors (Lipinski definition) is 3. The topological polar surface area (TPSA) is 32.7 Å². The molecule has 0 aliphatic heterocycles. The molecule has 1 N–H and O–H groups in total. The first-order valence-corrected chi connectivity index (χ1v) is 7.66. The van der Waals surface area contributed by atoms with Crippen LogP contribution in [0, 0.1) is 5.92 Å². The van der Waals surface area contributed by atoms with Crippen molar-refractivity contribution in [2.45, 2.75) is 39.2 Å². The van der Waals surface area contributed by atoms with E-state index in [1.54, 1.807) is 7.11 Å². The highest BCUT2D eigenvalue weighted by molar-refractivity contribution is 5.38. The molecular formula is C17H27NO2. The lowest BCUT2D eigenvalue weighted by molar-refractivity contribution is 0.102. The van der Waals surface area contributed by atoms with Crippen molar-refractivity contribution in [1.82, 2.24) is 4.90 Å². The Morgan fingerprint density at radius 2 is 2.20 bits per heavy atom. The van der Waals surface area contributed by atoms with Gasteiger partial charge < -0.3 is 9.84 Å². The number of fused-ring (bicyclic) bond motifs is 1. The second-order valence-corrected chi connectivity index (χ2v) is 6.17. The largest absolute Gasteiger partial charge is 0.508 e. The lowest BCUT2D eigenvalue weighted by Gasteiger charge is -2.37. The van der Waals surface area contributed by atoms with Gasteiger partial charge in [0.05, 0.1) is 6.61 Å². The van der Waals surface area contributed by atoms with Crippen molar-refractivity contribution in [3.63, 3.8) is 0 Å². The molecule has 3 heteroatoms. The Hall–Kier alpha value is -1.06. The molecule has 1 aromatic carbocycles.